The fourth-order valence-corrected chi connectivity index (χ4v) is 6.01. The second kappa shape index (κ2) is 18.1. The summed E-state index contributed by atoms with van der Waals surface area (Å²) in [6.07, 6.45) is 21.0. The number of benzene rings is 1. The maximum Gasteiger partial charge on any atom is 0.138 e. The number of unbranched alkanes of at least 4 members (excludes halogenated alkanes) is 4. The van der Waals surface area contributed by atoms with E-state index in [9.17, 15) is 0 Å². The van der Waals surface area contributed by atoms with Crippen LogP contribution in [0.25, 0.3) is 0 Å². The first-order valence-corrected chi connectivity index (χ1v) is 18.1. The van der Waals surface area contributed by atoms with Gasteiger partial charge in [-0.3, -0.25) is 9.80 Å². The Morgan fingerprint density at radius 1 is 0.396 bits per heavy atom. The summed E-state index contributed by atoms with van der Waals surface area (Å²) in [5.41, 5.74) is 7.12. The molecule has 0 unspecified atom stereocenters. The van der Waals surface area contributed by atoms with Crippen LogP contribution in [0.3, 0.4) is 0 Å². The van der Waals surface area contributed by atoms with Gasteiger partial charge in [0.1, 0.15) is 23.3 Å². The highest BCUT2D eigenvalue weighted by Gasteiger charge is 2.21. The van der Waals surface area contributed by atoms with Gasteiger partial charge in [-0.15, -0.1) is 0 Å². The highest BCUT2D eigenvalue weighted by Crippen LogP contribution is 2.39. The summed E-state index contributed by atoms with van der Waals surface area (Å²) in [6.45, 7) is 8.94. The van der Waals surface area contributed by atoms with Crippen molar-refractivity contribution in [3.05, 3.63) is 120 Å². The summed E-state index contributed by atoms with van der Waals surface area (Å²) < 4.78 is 0. The molecule has 0 spiro atoms. The van der Waals surface area contributed by atoms with Crippen LogP contribution in [0.4, 0.5) is 34.6 Å². The van der Waals surface area contributed by atoms with E-state index in [2.05, 4.69) is 110 Å². The molecular formula is C42H52N6. The predicted octanol–water partition coefficient (Wildman–Crippen LogP) is 11.6. The molecule has 0 radical (unpaired) electrons. The van der Waals surface area contributed by atoms with Crippen LogP contribution in [0.15, 0.2) is 97.6 Å². The summed E-state index contributed by atoms with van der Waals surface area (Å²) in [5, 5.41) is 0. The maximum absolute atomic E-state index is 4.91. The Bertz CT molecular complexity index is 1490. The topological polar surface area (TPSA) is 58.0 Å². The molecule has 4 aromatic heterocycles. The molecule has 48 heavy (non-hydrogen) atoms. The second-order valence-corrected chi connectivity index (χ2v) is 12.7. The van der Waals surface area contributed by atoms with E-state index in [-0.39, 0.29) is 0 Å². The van der Waals surface area contributed by atoms with Gasteiger partial charge in [-0.05, 0) is 140 Å². The van der Waals surface area contributed by atoms with Gasteiger partial charge in [-0.2, -0.15) is 0 Å². The lowest BCUT2D eigenvalue weighted by Gasteiger charge is -2.28. The Labute approximate surface area is 288 Å². The highest BCUT2D eigenvalue weighted by molar-refractivity contribution is 5.79. The van der Waals surface area contributed by atoms with E-state index in [1.54, 1.807) is 0 Å². The van der Waals surface area contributed by atoms with Crippen molar-refractivity contribution in [2.45, 2.75) is 105 Å². The van der Waals surface area contributed by atoms with Crippen LogP contribution in [-0.4, -0.2) is 19.9 Å². The monoisotopic (exact) mass is 640 g/mol. The molecule has 0 bridgehead atoms. The maximum atomic E-state index is 4.91. The van der Waals surface area contributed by atoms with Gasteiger partial charge in [-0.1, -0.05) is 59.4 Å². The minimum absolute atomic E-state index is 0.867. The summed E-state index contributed by atoms with van der Waals surface area (Å²) in [6, 6.07) is 26.1. The van der Waals surface area contributed by atoms with E-state index in [0.29, 0.717) is 0 Å². The Morgan fingerprint density at radius 3 is 0.958 bits per heavy atom. The molecule has 0 atom stereocenters. The molecule has 6 heteroatoms. The molecule has 4 heterocycles. The lowest BCUT2D eigenvalue weighted by Crippen LogP contribution is -2.16. The van der Waals surface area contributed by atoms with Crippen molar-refractivity contribution < 1.29 is 0 Å². The summed E-state index contributed by atoms with van der Waals surface area (Å²) in [5.74, 6) is 3.47. The number of aryl methyl sites for hydroxylation is 4. The molecule has 0 aliphatic carbocycles. The molecule has 5 rings (SSSR count). The summed E-state index contributed by atoms with van der Waals surface area (Å²) in [4.78, 5) is 24.0. The number of anilines is 6. The first-order valence-electron chi connectivity index (χ1n) is 18.1. The second-order valence-electron chi connectivity index (χ2n) is 12.7. The van der Waals surface area contributed by atoms with Gasteiger partial charge in [0.05, 0.1) is 11.4 Å². The van der Waals surface area contributed by atoms with Gasteiger partial charge in [0.25, 0.3) is 0 Å². The normalized spacial score (nSPS) is 11.1. The van der Waals surface area contributed by atoms with Crippen molar-refractivity contribution in [3.63, 3.8) is 0 Å². The Kier molecular flexibility index (Phi) is 13.1. The van der Waals surface area contributed by atoms with Gasteiger partial charge in [0, 0.05) is 24.8 Å². The van der Waals surface area contributed by atoms with Crippen molar-refractivity contribution in [3.8, 4) is 0 Å². The zero-order valence-electron chi connectivity index (χ0n) is 29.4. The van der Waals surface area contributed by atoms with Crippen LogP contribution in [0.2, 0.25) is 0 Å². The van der Waals surface area contributed by atoms with E-state index in [4.69, 9.17) is 19.9 Å². The molecule has 0 saturated heterocycles. The van der Waals surface area contributed by atoms with Crippen molar-refractivity contribution >= 4 is 34.6 Å². The van der Waals surface area contributed by atoms with Gasteiger partial charge >= 0.3 is 0 Å². The SMILES string of the molecule is CCCCc1ccnc(N(c2cccc(N(c3cc(CCCC)ccn3)c3cc(CCCC)ccn3)c2)c2cc(CCCC)ccn2)c1. The average Bonchev–Trinajstić information content (AvgIpc) is 3.12. The van der Waals surface area contributed by atoms with E-state index >= 15 is 0 Å². The fraction of sp³-hybridized carbons (Fsp3) is 0.381. The molecule has 0 aliphatic rings. The number of hydrogen-bond donors (Lipinski definition) is 0. The molecule has 1 aromatic carbocycles. The number of aromatic nitrogens is 4. The molecule has 0 N–H and O–H groups in total. The average molecular weight is 641 g/mol. The van der Waals surface area contributed by atoms with Gasteiger partial charge < -0.3 is 0 Å². The van der Waals surface area contributed by atoms with Crippen molar-refractivity contribution in [2.75, 3.05) is 9.80 Å². The fourth-order valence-electron chi connectivity index (χ4n) is 6.01. The standard InChI is InChI=1S/C42H52N6/c1-5-9-14-33-20-24-43-39(28-33)47(40-29-34(15-10-6-2)21-25-44-40)37-18-13-19-38(32-37)48(41-30-35(16-11-7-3)22-26-45-41)42-31-36(17-12-8-4)23-27-46-42/h13,18-32H,5-12,14-17H2,1-4H3. The Morgan fingerprint density at radius 2 is 0.688 bits per heavy atom. The number of pyridine rings is 4. The van der Waals surface area contributed by atoms with Crippen LogP contribution >= 0.6 is 0 Å². The van der Waals surface area contributed by atoms with E-state index in [1.165, 1.54) is 22.3 Å². The van der Waals surface area contributed by atoms with E-state index < -0.39 is 0 Å². The van der Waals surface area contributed by atoms with E-state index in [0.717, 1.165) is 112 Å². The number of nitrogens with zero attached hydrogens (tertiary/aromatic N) is 6. The van der Waals surface area contributed by atoms with Crippen molar-refractivity contribution in [2.24, 2.45) is 0 Å². The quantitative estimate of drug-likeness (QED) is 0.0950. The molecule has 0 aliphatic heterocycles. The van der Waals surface area contributed by atoms with Crippen LogP contribution in [0, 0.1) is 0 Å². The van der Waals surface area contributed by atoms with Gasteiger partial charge in [0.2, 0.25) is 0 Å². The molecular weight excluding hydrogens is 589 g/mol. The summed E-state index contributed by atoms with van der Waals surface area (Å²) in [7, 11) is 0. The molecule has 0 fully saturated rings. The zero-order chi connectivity index (χ0) is 33.6. The largest absolute Gasteiger partial charge is 0.279 e. The van der Waals surface area contributed by atoms with E-state index in [1.807, 2.05) is 24.8 Å². The lowest BCUT2D eigenvalue weighted by atomic mass is 10.1. The highest BCUT2D eigenvalue weighted by atomic mass is 15.3. The third-order valence-corrected chi connectivity index (χ3v) is 8.78. The smallest absolute Gasteiger partial charge is 0.138 e. The number of hydrogen-bond acceptors (Lipinski definition) is 6. The molecule has 250 valence electrons. The summed E-state index contributed by atoms with van der Waals surface area (Å²) >= 11 is 0. The molecule has 0 amide bonds. The zero-order valence-corrected chi connectivity index (χ0v) is 29.4. The third kappa shape index (κ3) is 9.27. The third-order valence-electron chi connectivity index (χ3n) is 8.78. The number of rotatable bonds is 18. The molecule has 0 saturated carbocycles. The van der Waals surface area contributed by atoms with Gasteiger partial charge in [0.15, 0.2) is 0 Å². The minimum atomic E-state index is 0.867. The van der Waals surface area contributed by atoms with Crippen LogP contribution in [-0.2, 0) is 25.7 Å². The van der Waals surface area contributed by atoms with Crippen LogP contribution in [0.1, 0.15) is 101 Å². The van der Waals surface area contributed by atoms with Gasteiger partial charge in [-0.25, -0.2) is 19.9 Å². The Balaban J connectivity index is 1.64. The predicted molar refractivity (Wildman–Crippen MR) is 201 cm³/mol. The molecule has 6 nitrogen and oxygen atoms in total. The van der Waals surface area contributed by atoms with Crippen LogP contribution < -0.4 is 9.80 Å². The minimum Gasteiger partial charge on any atom is -0.279 e. The first-order chi connectivity index (χ1) is 23.6. The Hall–Kier alpha value is -4.58. The van der Waals surface area contributed by atoms with Crippen LogP contribution in [0.5, 0.6) is 0 Å². The molecule has 5 aromatic rings. The first kappa shape index (κ1) is 34.7. The van der Waals surface area contributed by atoms with Crippen molar-refractivity contribution in [1.82, 2.24) is 19.9 Å². The van der Waals surface area contributed by atoms with Crippen molar-refractivity contribution in [1.29, 1.82) is 0 Å². The lowest BCUT2D eigenvalue weighted by molar-refractivity contribution is 0.792.